The number of carbonyl (C=O) groups excluding carboxylic acids is 1. The molecular formula is C14H11F3N2O. The number of nitrogens with two attached hydrogens (primary N) is 1. The molecule has 0 aliphatic rings. The fourth-order valence-corrected chi connectivity index (χ4v) is 1.73. The van der Waals surface area contributed by atoms with Gasteiger partial charge in [0.05, 0.1) is 22.5 Å². The molecule has 3 nitrogen and oxygen atoms in total. The van der Waals surface area contributed by atoms with Gasteiger partial charge in [-0.25, -0.2) is 0 Å². The van der Waals surface area contributed by atoms with E-state index in [0.29, 0.717) is 0 Å². The molecule has 0 heterocycles. The summed E-state index contributed by atoms with van der Waals surface area (Å²) in [5, 5.41) is 2.38. The lowest BCUT2D eigenvalue weighted by molar-refractivity contribution is -0.137. The Labute approximate surface area is 113 Å². The summed E-state index contributed by atoms with van der Waals surface area (Å²) < 4.78 is 38.5. The SMILES string of the molecule is Nc1ccccc1NC(=O)c1ccccc1C(F)(F)F. The molecule has 3 N–H and O–H groups in total. The first-order chi connectivity index (χ1) is 9.39. The van der Waals surface area contributed by atoms with Crippen LogP contribution in [0.25, 0.3) is 0 Å². The predicted octanol–water partition coefficient (Wildman–Crippen LogP) is 3.54. The summed E-state index contributed by atoms with van der Waals surface area (Å²) in [4.78, 5) is 12.0. The first kappa shape index (κ1) is 13.9. The predicted molar refractivity (Wildman–Crippen MR) is 70.3 cm³/mol. The smallest absolute Gasteiger partial charge is 0.397 e. The number of para-hydroxylation sites is 2. The Kier molecular flexibility index (Phi) is 3.65. The molecule has 0 saturated carbocycles. The summed E-state index contributed by atoms with van der Waals surface area (Å²) >= 11 is 0. The zero-order valence-electron chi connectivity index (χ0n) is 10.2. The number of anilines is 2. The molecule has 0 aliphatic carbocycles. The maximum Gasteiger partial charge on any atom is 0.417 e. The van der Waals surface area contributed by atoms with Crippen molar-refractivity contribution >= 4 is 17.3 Å². The van der Waals surface area contributed by atoms with Gasteiger partial charge in [0.25, 0.3) is 5.91 Å². The van der Waals surface area contributed by atoms with Gasteiger partial charge in [0.2, 0.25) is 0 Å². The standard InChI is InChI=1S/C14H11F3N2O/c15-14(16,17)10-6-2-1-5-9(10)13(20)19-12-8-4-3-7-11(12)18/h1-8H,18H2,(H,19,20). The fourth-order valence-electron chi connectivity index (χ4n) is 1.73. The zero-order chi connectivity index (χ0) is 14.8. The summed E-state index contributed by atoms with van der Waals surface area (Å²) in [6.07, 6.45) is -4.59. The summed E-state index contributed by atoms with van der Waals surface area (Å²) in [5.74, 6) is -0.851. The van der Waals surface area contributed by atoms with Gasteiger partial charge in [0.15, 0.2) is 0 Å². The van der Waals surface area contributed by atoms with Crippen molar-refractivity contribution in [3.8, 4) is 0 Å². The Bertz CT molecular complexity index is 638. The van der Waals surface area contributed by atoms with Crippen molar-refractivity contribution in [2.45, 2.75) is 6.18 Å². The Morgan fingerprint density at radius 1 is 1.00 bits per heavy atom. The zero-order valence-corrected chi connectivity index (χ0v) is 10.2. The molecule has 0 spiro atoms. The second-order valence-electron chi connectivity index (χ2n) is 4.08. The highest BCUT2D eigenvalue weighted by Crippen LogP contribution is 2.32. The summed E-state index contributed by atoms with van der Waals surface area (Å²) in [5.41, 5.74) is 4.77. The van der Waals surface area contributed by atoms with E-state index < -0.39 is 23.2 Å². The number of nitrogen functional groups attached to an aromatic ring is 1. The van der Waals surface area contributed by atoms with Gasteiger partial charge in [0.1, 0.15) is 0 Å². The molecule has 0 atom stereocenters. The Hall–Kier alpha value is -2.50. The minimum atomic E-state index is -4.59. The number of alkyl halides is 3. The third-order valence-corrected chi connectivity index (χ3v) is 2.69. The van der Waals surface area contributed by atoms with Crippen molar-refractivity contribution in [3.63, 3.8) is 0 Å². The maximum absolute atomic E-state index is 12.8. The number of amides is 1. The second-order valence-corrected chi connectivity index (χ2v) is 4.08. The van der Waals surface area contributed by atoms with Crippen molar-refractivity contribution in [1.82, 2.24) is 0 Å². The van der Waals surface area contributed by atoms with Gasteiger partial charge in [-0.2, -0.15) is 13.2 Å². The van der Waals surface area contributed by atoms with E-state index in [2.05, 4.69) is 5.32 Å². The van der Waals surface area contributed by atoms with E-state index >= 15 is 0 Å². The highest BCUT2D eigenvalue weighted by Gasteiger charge is 2.34. The molecule has 0 bridgehead atoms. The van der Waals surface area contributed by atoms with Crippen molar-refractivity contribution in [2.75, 3.05) is 11.1 Å². The molecule has 6 heteroatoms. The largest absolute Gasteiger partial charge is 0.417 e. The van der Waals surface area contributed by atoms with E-state index in [0.717, 1.165) is 12.1 Å². The Morgan fingerprint density at radius 2 is 1.60 bits per heavy atom. The van der Waals surface area contributed by atoms with Crippen LogP contribution in [0.2, 0.25) is 0 Å². The number of benzene rings is 2. The minimum absolute atomic E-state index is 0.273. The van der Waals surface area contributed by atoms with Crippen molar-refractivity contribution in [1.29, 1.82) is 0 Å². The van der Waals surface area contributed by atoms with Crippen LogP contribution in [-0.2, 0) is 6.18 Å². The van der Waals surface area contributed by atoms with E-state index in [1.807, 2.05) is 0 Å². The van der Waals surface area contributed by atoms with Crippen molar-refractivity contribution in [3.05, 3.63) is 59.7 Å². The Morgan fingerprint density at radius 3 is 2.25 bits per heavy atom. The molecule has 1 amide bonds. The lowest BCUT2D eigenvalue weighted by Gasteiger charge is -2.13. The number of rotatable bonds is 2. The number of hydrogen-bond donors (Lipinski definition) is 2. The first-order valence-electron chi connectivity index (χ1n) is 5.71. The molecule has 2 rings (SSSR count). The van der Waals surface area contributed by atoms with Crippen LogP contribution in [0.5, 0.6) is 0 Å². The third kappa shape index (κ3) is 2.90. The lowest BCUT2D eigenvalue weighted by Crippen LogP contribution is -2.19. The average Bonchev–Trinajstić information content (AvgIpc) is 2.40. The van der Waals surface area contributed by atoms with Crippen LogP contribution in [0.3, 0.4) is 0 Å². The summed E-state index contributed by atoms with van der Waals surface area (Å²) in [6, 6.07) is 10.9. The molecule has 0 saturated heterocycles. The number of hydrogen-bond acceptors (Lipinski definition) is 2. The molecular weight excluding hydrogens is 269 g/mol. The maximum atomic E-state index is 12.8. The molecule has 104 valence electrons. The van der Waals surface area contributed by atoms with E-state index in [4.69, 9.17) is 5.73 Å². The average molecular weight is 280 g/mol. The number of nitrogens with one attached hydrogen (secondary N) is 1. The van der Waals surface area contributed by atoms with E-state index in [1.54, 1.807) is 18.2 Å². The van der Waals surface area contributed by atoms with Crippen LogP contribution in [0.15, 0.2) is 48.5 Å². The van der Waals surface area contributed by atoms with Gasteiger partial charge in [0, 0.05) is 0 Å². The van der Waals surface area contributed by atoms with Gasteiger partial charge >= 0.3 is 6.18 Å². The molecule has 2 aromatic carbocycles. The molecule has 0 aromatic heterocycles. The normalized spacial score (nSPS) is 11.2. The third-order valence-electron chi connectivity index (χ3n) is 2.69. The second kappa shape index (κ2) is 5.24. The number of carbonyl (C=O) groups is 1. The van der Waals surface area contributed by atoms with Crippen LogP contribution >= 0.6 is 0 Å². The first-order valence-corrected chi connectivity index (χ1v) is 5.71. The van der Waals surface area contributed by atoms with Gasteiger partial charge < -0.3 is 11.1 Å². The minimum Gasteiger partial charge on any atom is -0.397 e. The van der Waals surface area contributed by atoms with Gasteiger partial charge in [-0.3, -0.25) is 4.79 Å². The summed E-state index contributed by atoms with van der Waals surface area (Å²) in [6.45, 7) is 0. The van der Waals surface area contributed by atoms with E-state index in [9.17, 15) is 18.0 Å². The highest BCUT2D eigenvalue weighted by molar-refractivity contribution is 6.06. The van der Waals surface area contributed by atoms with Gasteiger partial charge in [-0.1, -0.05) is 24.3 Å². The van der Waals surface area contributed by atoms with E-state index in [-0.39, 0.29) is 11.4 Å². The van der Waals surface area contributed by atoms with Crippen LogP contribution in [0.4, 0.5) is 24.5 Å². The Balaban J connectivity index is 2.34. The molecule has 0 radical (unpaired) electrons. The summed E-state index contributed by atoms with van der Waals surface area (Å²) in [7, 11) is 0. The molecule has 0 fully saturated rings. The van der Waals surface area contributed by atoms with Crippen molar-refractivity contribution < 1.29 is 18.0 Å². The van der Waals surface area contributed by atoms with Crippen LogP contribution in [0, 0.1) is 0 Å². The van der Waals surface area contributed by atoms with Crippen LogP contribution in [0.1, 0.15) is 15.9 Å². The highest BCUT2D eigenvalue weighted by atomic mass is 19.4. The van der Waals surface area contributed by atoms with Gasteiger partial charge in [-0.05, 0) is 24.3 Å². The fraction of sp³-hybridized carbons (Fsp3) is 0.0714. The lowest BCUT2D eigenvalue weighted by atomic mass is 10.1. The monoisotopic (exact) mass is 280 g/mol. The van der Waals surface area contributed by atoms with Gasteiger partial charge in [-0.15, -0.1) is 0 Å². The van der Waals surface area contributed by atoms with E-state index in [1.165, 1.54) is 18.2 Å². The molecule has 0 unspecified atom stereocenters. The van der Waals surface area contributed by atoms with Crippen LogP contribution < -0.4 is 11.1 Å². The molecule has 20 heavy (non-hydrogen) atoms. The molecule has 2 aromatic rings. The molecule has 0 aliphatic heterocycles. The van der Waals surface area contributed by atoms with Crippen LogP contribution in [-0.4, -0.2) is 5.91 Å². The topological polar surface area (TPSA) is 55.1 Å². The quantitative estimate of drug-likeness (QED) is 0.827. The number of halogens is 3. The van der Waals surface area contributed by atoms with Crippen molar-refractivity contribution in [2.24, 2.45) is 0 Å².